The molecule has 1 aliphatic heterocycles. The first kappa shape index (κ1) is 18.7. The number of nitrogens with one attached hydrogen (secondary N) is 1. The van der Waals surface area contributed by atoms with E-state index in [0.717, 1.165) is 40.7 Å². The van der Waals surface area contributed by atoms with Crippen LogP contribution < -0.4 is 10.1 Å². The fourth-order valence-corrected chi connectivity index (χ4v) is 5.02. The van der Waals surface area contributed by atoms with E-state index in [1.807, 2.05) is 37.3 Å². The number of aromatic nitrogens is 1. The summed E-state index contributed by atoms with van der Waals surface area (Å²) in [5.74, 6) is 1.41. The number of rotatable bonds is 5. The van der Waals surface area contributed by atoms with Gasteiger partial charge in [0.25, 0.3) is 0 Å². The fourth-order valence-electron chi connectivity index (χ4n) is 3.47. The fraction of sp³-hybridized carbons (Fsp3) is 0.286. The molecule has 0 saturated carbocycles. The third-order valence-corrected chi connectivity index (χ3v) is 6.88. The minimum absolute atomic E-state index is 0.324. The lowest BCUT2D eigenvalue weighted by Gasteiger charge is -2.16. The monoisotopic (exact) mass is 397 g/mol. The average Bonchev–Trinajstić information content (AvgIpc) is 3.23. The highest BCUT2D eigenvalue weighted by molar-refractivity contribution is 7.89. The van der Waals surface area contributed by atoms with Gasteiger partial charge in [-0.2, -0.15) is 4.31 Å². The molecule has 1 fully saturated rings. The van der Waals surface area contributed by atoms with E-state index >= 15 is 0 Å². The Morgan fingerprint density at radius 3 is 2.57 bits per heavy atom. The van der Waals surface area contributed by atoms with Crippen molar-refractivity contribution in [3.05, 3.63) is 54.1 Å². The van der Waals surface area contributed by atoms with E-state index in [4.69, 9.17) is 4.74 Å². The number of ether oxygens (including phenoxy) is 1. The van der Waals surface area contributed by atoms with Gasteiger partial charge in [-0.1, -0.05) is 6.07 Å². The van der Waals surface area contributed by atoms with Crippen molar-refractivity contribution in [1.29, 1.82) is 0 Å². The molecule has 1 aromatic heterocycles. The van der Waals surface area contributed by atoms with Gasteiger partial charge in [0, 0.05) is 18.5 Å². The molecule has 0 amide bonds. The van der Waals surface area contributed by atoms with Gasteiger partial charge in [-0.3, -0.25) is 0 Å². The van der Waals surface area contributed by atoms with Crippen LogP contribution in [0.15, 0.2) is 53.4 Å². The Morgan fingerprint density at radius 1 is 1.04 bits per heavy atom. The quantitative estimate of drug-likeness (QED) is 0.702. The van der Waals surface area contributed by atoms with Crippen molar-refractivity contribution in [2.75, 3.05) is 25.5 Å². The average molecular weight is 398 g/mol. The van der Waals surface area contributed by atoms with Gasteiger partial charge in [0.15, 0.2) is 0 Å². The van der Waals surface area contributed by atoms with Crippen molar-refractivity contribution < 1.29 is 13.2 Å². The molecule has 3 aromatic rings. The molecular weight excluding hydrogens is 374 g/mol. The summed E-state index contributed by atoms with van der Waals surface area (Å²) in [6, 6.07) is 14.7. The van der Waals surface area contributed by atoms with Crippen LogP contribution in [0.3, 0.4) is 0 Å². The third-order valence-electron chi connectivity index (χ3n) is 4.98. The summed E-state index contributed by atoms with van der Waals surface area (Å²) < 4.78 is 32.5. The van der Waals surface area contributed by atoms with E-state index < -0.39 is 10.0 Å². The molecule has 146 valence electrons. The first-order valence-corrected chi connectivity index (χ1v) is 10.7. The highest BCUT2D eigenvalue weighted by Crippen LogP contribution is 2.29. The minimum atomic E-state index is -3.43. The molecule has 0 unspecified atom stereocenters. The number of nitrogens with zero attached hydrogens (tertiary/aromatic N) is 2. The Hall–Kier alpha value is -2.64. The molecule has 4 rings (SSSR count). The molecule has 6 nitrogen and oxygen atoms in total. The standard InChI is InChI=1S/C21H23N3O3S/c1-15-5-9-20(27-2)19(13-15)23-21-10-6-16-14-17(7-8-18(16)22-21)28(25,26)24-11-3-4-12-24/h5-10,13-14H,3-4,11-12H2,1-2H3,(H,22,23). The molecule has 0 spiro atoms. The smallest absolute Gasteiger partial charge is 0.243 e. The number of aryl methyl sites for hydroxylation is 1. The number of hydrogen-bond donors (Lipinski definition) is 1. The van der Waals surface area contributed by atoms with Gasteiger partial charge in [0.05, 0.1) is 23.2 Å². The summed E-state index contributed by atoms with van der Waals surface area (Å²) in [6.45, 7) is 3.21. The number of methoxy groups -OCH3 is 1. The highest BCUT2D eigenvalue weighted by atomic mass is 32.2. The molecule has 7 heteroatoms. The van der Waals surface area contributed by atoms with E-state index in [9.17, 15) is 8.42 Å². The van der Waals surface area contributed by atoms with Gasteiger partial charge in [0.1, 0.15) is 11.6 Å². The predicted molar refractivity (Wildman–Crippen MR) is 111 cm³/mol. The van der Waals surface area contributed by atoms with E-state index in [2.05, 4.69) is 10.3 Å². The molecule has 0 atom stereocenters. The second kappa shape index (κ2) is 7.41. The first-order chi connectivity index (χ1) is 13.5. The zero-order chi connectivity index (χ0) is 19.7. The van der Waals surface area contributed by atoms with Crippen molar-refractivity contribution in [1.82, 2.24) is 9.29 Å². The third kappa shape index (κ3) is 3.55. The zero-order valence-corrected chi connectivity index (χ0v) is 16.8. The van der Waals surface area contributed by atoms with E-state index in [0.29, 0.717) is 23.8 Å². The van der Waals surface area contributed by atoms with Crippen LogP contribution in [0.1, 0.15) is 18.4 Å². The molecule has 2 aromatic carbocycles. The van der Waals surface area contributed by atoms with Crippen LogP contribution in [0.4, 0.5) is 11.5 Å². The van der Waals surface area contributed by atoms with E-state index in [-0.39, 0.29) is 0 Å². The van der Waals surface area contributed by atoms with Crippen LogP contribution in [0.2, 0.25) is 0 Å². The summed E-state index contributed by atoms with van der Waals surface area (Å²) in [5, 5.41) is 4.08. The van der Waals surface area contributed by atoms with Gasteiger partial charge < -0.3 is 10.1 Å². The van der Waals surface area contributed by atoms with Crippen molar-refractivity contribution >= 4 is 32.4 Å². The Kier molecular flexibility index (Phi) is 4.95. The number of benzene rings is 2. The van der Waals surface area contributed by atoms with Gasteiger partial charge in [-0.05, 0) is 67.8 Å². The Balaban J connectivity index is 1.65. The number of anilines is 2. The molecule has 2 heterocycles. The predicted octanol–water partition coefficient (Wildman–Crippen LogP) is 4.08. The second-order valence-electron chi connectivity index (χ2n) is 6.99. The van der Waals surface area contributed by atoms with Gasteiger partial charge >= 0.3 is 0 Å². The van der Waals surface area contributed by atoms with E-state index in [1.54, 1.807) is 29.6 Å². The van der Waals surface area contributed by atoms with Crippen molar-refractivity contribution in [3.8, 4) is 5.75 Å². The summed E-state index contributed by atoms with van der Waals surface area (Å²) in [6.07, 6.45) is 1.84. The maximum atomic E-state index is 12.8. The Morgan fingerprint density at radius 2 is 1.82 bits per heavy atom. The van der Waals surface area contributed by atoms with Crippen molar-refractivity contribution in [2.45, 2.75) is 24.7 Å². The lowest BCUT2D eigenvalue weighted by atomic mass is 10.2. The Labute approximate surface area is 165 Å². The minimum Gasteiger partial charge on any atom is -0.495 e. The maximum absolute atomic E-state index is 12.8. The van der Waals surface area contributed by atoms with Gasteiger partial charge in [-0.25, -0.2) is 13.4 Å². The molecule has 0 bridgehead atoms. The molecule has 1 aliphatic rings. The molecule has 1 saturated heterocycles. The number of hydrogen-bond acceptors (Lipinski definition) is 5. The van der Waals surface area contributed by atoms with Crippen LogP contribution >= 0.6 is 0 Å². The highest BCUT2D eigenvalue weighted by Gasteiger charge is 2.27. The summed E-state index contributed by atoms with van der Waals surface area (Å²) >= 11 is 0. The van der Waals surface area contributed by atoms with Crippen LogP contribution in [0, 0.1) is 6.92 Å². The lowest BCUT2D eigenvalue weighted by Crippen LogP contribution is -2.27. The molecule has 1 N–H and O–H groups in total. The largest absolute Gasteiger partial charge is 0.495 e. The molecule has 0 radical (unpaired) electrons. The summed E-state index contributed by atoms with van der Waals surface area (Å²) in [5.41, 5.74) is 2.68. The maximum Gasteiger partial charge on any atom is 0.243 e. The lowest BCUT2D eigenvalue weighted by molar-refractivity contribution is 0.416. The number of pyridine rings is 1. The molecule has 28 heavy (non-hydrogen) atoms. The van der Waals surface area contributed by atoms with Gasteiger partial charge in [-0.15, -0.1) is 0 Å². The summed E-state index contributed by atoms with van der Waals surface area (Å²) in [4.78, 5) is 4.95. The first-order valence-electron chi connectivity index (χ1n) is 9.30. The second-order valence-corrected chi connectivity index (χ2v) is 8.93. The van der Waals surface area contributed by atoms with Crippen LogP contribution in [0.25, 0.3) is 10.9 Å². The topological polar surface area (TPSA) is 71.5 Å². The van der Waals surface area contributed by atoms with Crippen LogP contribution in [-0.4, -0.2) is 37.9 Å². The summed E-state index contributed by atoms with van der Waals surface area (Å²) in [7, 11) is -1.80. The molecule has 0 aliphatic carbocycles. The SMILES string of the molecule is COc1ccc(C)cc1Nc1ccc2cc(S(=O)(=O)N3CCCC3)ccc2n1. The van der Waals surface area contributed by atoms with Crippen LogP contribution in [-0.2, 0) is 10.0 Å². The van der Waals surface area contributed by atoms with Crippen molar-refractivity contribution in [3.63, 3.8) is 0 Å². The molecular formula is C21H23N3O3S. The van der Waals surface area contributed by atoms with Crippen LogP contribution in [0.5, 0.6) is 5.75 Å². The number of fused-ring (bicyclic) bond motifs is 1. The Bertz CT molecular complexity index is 1120. The van der Waals surface area contributed by atoms with E-state index in [1.165, 1.54) is 0 Å². The number of sulfonamides is 1. The van der Waals surface area contributed by atoms with Crippen molar-refractivity contribution in [2.24, 2.45) is 0 Å². The normalized spacial score (nSPS) is 15.1. The zero-order valence-electron chi connectivity index (χ0n) is 16.0. The van der Waals surface area contributed by atoms with Gasteiger partial charge in [0.2, 0.25) is 10.0 Å².